The molecule has 0 amide bonds. The largest absolute Gasteiger partial charge is 0.481 e. The summed E-state index contributed by atoms with van der Waals surface area (Å²) in [5.41, 5.74) is 2.08. The minimum atomic E-state index is -0.767. The van der Waals surface area contributed by atoms with Crippen LogP contribution >= 0.6 is 0 Å². The van der Waals surface area contributed by atoms with Gasteiger partial charge in [-0.15, -0.1) is 0 Å². The lowest BCUT2D eigenvalue weighted by Crippen LogP contribution is -2.41. The van der Waals surface area contributed by atoms with Crippen LogP contribution in [-0.4, -0.2) is 11.1 Å². The topological polar surface area (TPSA) is 37.3 Å². The summed E-state index contributed by atoms with van der Waals surface area (Å²) in [5.74, 6) is 1.46. The summed E-state index contributed by atoms with van der Waals surface area (Å²) in [6, 6.07) is 14.3. The van der Waals surface area contributed by atoms with Crippen LogP contribution in [0, 0.1) is 23.6 Å². The first-order chi connectivity index (χ1) is 15.0. The number of carboxylic acids is 1. The molecule has 0 aromatic heterocycles. The number of hydrogen-bond donors (Lipinski definition) is 1. The molecule has 0 bridgehead atoms. The van der Waals surface area contributed by atoms with E-state index in [0.717, 1.165) is 54.2 Å². The Morgan fingerprint density at radius 2 is 1.39 bits per heavy atom. The zero-order valence-corrected chi connectivity index (χ0v) is 18.7. The second-order valence-electron chi connectivity index (χ2n) is 9.88. The highest BCUT2D eigenvalue weighted by Crippen LogP contribution is 2.47. The molecule has 0 saturated heterocycles. The zero-order valence-electron chi connectivity index (χ0n) is 18.7. The molecule has 2 aromatic rings. The van der Waals surface area contributed by atoms with Crippen molar-refractivity contribution in [3.05, 3.63) is 59.9 Å². The third-order valence-corrected chi connectivity index (χ3v) is 8.16. The van der Waals surface area contributed by atoms with E-state index < -0.39 is 11.4 Å². The van der Waals surface area contributed by atoms with E-state index in [2.05, 4.69) is 6.92 Å². The van der Waals surface area contributed by atoms with Gasteiger partial charge in [-0.25, -0.2) is 4.39 Å². The lowest BCUT2D eigenvalue weighted by Gasteiger charge is -2.42. The molecule has 2 aromatic carbocycles. The van der Waals surface area contributed by atoms with Crippen LogP contribution in [-0.2, 0) is 10.2 Å². The van der Waals surface area contributed by atoms with Gasteiger partial charge >= 0.3 is 5.97 Å². The van der Waals surface area contributed by atoms with Crippen LogP contribution < -0.4 is 0 Å². The Kier molecular flexibility index (Phi) is 6.79. The first-order valence-electron chi connectivity index (χ1n) is 12.1. The normalized spacial score (nSPS) is 28.9. The average Bonchev–Trinajstić information content (AvgIpc) is 2.80. The Hall–Kier alpha value is -2.16. The second-order valence-corrected chi connectivity index (χ2v) is 9.88. The second kappa shape index (κ2) is 9.54. The van der Waals surface area contributed by atoms with Gasteiger partial charge in [-0.2, -0.15) is 0 Å². The molecule has 2 nitrogen and oxygen atoms in total. The summed E-state index contributed by atoms with van der Waals surface area (Å²) < 4.78 is 13.2. The van der Waals surface area contributed by atoms with Gasteiger partial charge in [-0.1, -0.05) is 69.0 Å². The van der Waals surface area contributed by atoms with Crippen LogP contribution in [0.2, 0.25) is 0 Å². The van der Waals surface area contributed by atoms with Crippen LogP contribution in [0.15, 0.2) is 48.5 Å². The van der Waals surface area contributed by atoms with Crippen molar-refractivity contribution in [3.63, 3.8) is 0 Å². The van der Waals surface area contributed by atoms with E-state index in [4.69, 9.17) is 0 Å². The predicted molar refractivity (Wildman–Crippen MR) is 123 cm³/mol. The van der Waals surface area contributed by atoms with Crippen molar-refractivity contribution in [1.82, 2.24) is 0 Å². The third-order valence-electron chi connectivity index (χ3n) is 8.16. The predicted octanol–water partition coefficient (Wildman–Crippen LogP) is 7.61. The van der Waals surface area contributed by atoms with E-state index in [-0.39, 0.29) is 5.82 Å². The van der Waals surface area contributed by atoms with Gasteiger partial charge in [0.2, 0.25) is 0 Å². The SMILES string of the molecule is CCCC1CCC([C@H]2CC[C@](C(=O)O)(c3ccc(-c4ccc(F)cc4)cc3)CC2)CC1. The Labute approximate surface area is 185 Å². The van der Waals surface area contributed by atoms with Crippen LogP contribution in [0.5, 0.6) is 0 Å². The van der Waals surface area contributed by atoms with E-state index in [0.29, 0.717) is 5.92 Å². The maximum atomic E-state index is 13.2. The van der Waals surface area contributed by atoms with Gasteiger partial charge in [0.05, 0.1) is 5.41 Å². The molecule has 0 radical (unpaired) electrons. The van der Waals surface area contributed by atoms with E-state index in [1.165, 1.54) is 50.7 Å². The number of aliphatic carboxylic acids is 1. The summed E-state index contributed by atoms with van der Waals surface area (Å²) in [7, 11) is 0. The molecule has 0 spiro atoms. The molecule has 2 aliphatic carbocycles. The van der Waals surface area contributed by atoms with Crippen molar-refractivity contribution in [2.75, 3.05) is 0 Å². The van der Waals surface area contributed by atoms with Gasteiger partial charge in [0.1, 0.15) is 5.82 Å². The van der Waals surface area contributed by atoms with Crippen LogP contribution in [0.25, 0.3) is 11.1 Å². The summed E-state index contributed by atoms with van der Waals surface area (Å²) in [6.45, 7) is 2.28. The van der Waals surface area contributed by atoms with Crippen LogP contribution in [0.3, 0.4) is 0 Å². The van der Waals surface area contributed by atoms with E-state index in [1.54, 1.807) is 12.1 Å². The minimum absolute atomic E-state index is 0.249. The number of carbonyl (C=O) groups is 1. The van der Waals surface area contributed by atoms with Crippen LogP contribution in [0.1, 0.15) is 76.7 Å². The fraction of sp³-hybridized carbons (Fsp3) is 0.536. The monoisotopic (exact) mass is 422 g/mol. The van der Waals surface area contributed by atoms with E-state index in [1.807, 2.05) is 24.3 Å². The molecule has 0 atom stereocenters. The molecule has 2 saturated carbocycles. The quantitative estimate of drug-likeness (QED) is 0.520. The number of carboxylic acid groups (broad SMARTS) is 1. The summed E-state index contributed by atoms with van der Waals surface area (Å²) in [5, 5.41) is 10.2. The maximum absolute atomic E-state index is 13.2. The summed E-state index contributed by atoms with van der Waals surface area (Å²) in [4.78, 5) is 12.4. The van der Waals surface area contributed by atoms with Crippen molar-refractivity contribution >= 4 is 5.97 Å². The average molecular weight is 423 g/mol. The van der Waals surface area contributed by atoms with Gasteiger partial charge in [0.25, 0.3) is 0 Å². The Morgan fingerprint density at radius 3 is 1.90 bits per heavy atom. The molecule has 0 aliphatic heterocycles. The van der Waals surface area contributed by atoms with Gasteiger partial charge in [0, 0.05) is 0 Å². The van der Waals surface area contributed by atoms with E-state index in [9.17, 15) is 14.3 Å². The Morgan fingerprint density at radius 1 is 0.871 bits per heavy atom. The van der Waals surface area contributed by atoms with Gasteiger partial charge < -0.3 is 5.11 Å². The standard InChI is InChI=1S/C28H35FO2/c1-2-3-20-4-6-21(7-5-20)24-16-18-28(19-17-24,27(30)31)25-12-8-22(9-13-25)23-10-14-26(29)15-11-23/h8-15,20-21,24H,2-7,16-19H2,1H3,(H,30,31)/t20?,21?,24-,28+. The zero-order chi connectivity index (χ0) is 21.8. The molecular formula is C28H35FO2. The van der Waals surface area contributed by atoms with Crippen molar-refractivity contribution in [1.29, 1.82) is 0 Å². The number of rotatable bonds is 6. The lowest BCUT2D eigenvalue weighted by atomic mass is 9.62. The number of benzene rings is 2. The molecule has 31 heavy (non-hydrogen) atoms. The van der Waals surface area contributed by atoms with Gasteiger partial charge in [-0.05, 0) is 85.1 Å². The molecule has 3 heteroatoms. The summed E-state index contributed by atoms with van der Waals surface area (Å²) in [6.07, 6.45) is 11.6. The first-order valence-corrected chi connectivity index (χ1v) is 12.1. The van der Waals surface area contributed by atoms with Crippen molar-refractivity contribution in [3.8, 4) is 11.1 Å². The Balaban J connectivity index is 1.43. The molecule has 2 aliphatic rings. The molecule has 0 unspecified atom stereocenters. The molecule has 0 heterocycles. The van der Waals surface area contributed by atoms with Crippen molar-refractivity contribution < 1.29 is 14.3 Å². The van der Waals surface area contributed by atoms with Crippen molar-refractivity contribution in [2.24, 2.45) is 17.8 Å². The fourth-order valence-corrected chi connectivity index (χ4v) is 6.21. The number of halogens is 1. The molecule has 2 fully saturated rings. The molecular weight excluding hydrogens is 387 g/mol. The molecule has 4 rings (SSSR count). The molecule has 1 N–H and O–H groups in total. The highest BCUT2D eigenvalue weighted by Gasteiger charge is 2.45. The maximum Gasteiger partial charge on any atom is 0.314 e. The molecule has 166 valence electrons. The third kappa shape index (κ3) is 4.71. The van der Waals surface area contributed by atoms with Gasteiger partial charge in [-0.3, -0.25) is 4.79 Å². The fourth-order valence-electron chi connectivity index (χ4n) is 6.21. The minimum Gasteiger partial charge on any atom is -0.481 e. The number of hydrogen-bond acceptors (Lipinski definition) is 1. The Bertz CT molecular complexity index is 855. The van der Waals surface area contributed by atoms with Gasteiger partial charge in [0.15, 0.2) is 0 Å². The van der Waals surface area contributed by atoms with Crippen molar-refractivity contribution in [2.45, 2.75) is 76.5 Å². The first kappa shape index (κ1) is 22.0. The smallest absolute Gasteiger partial charge is 0.314 e. The highest BCUT2D eigenvalue weighted by molar-refractivity contribution is 5.82. The highest BCUT2D eigenvalue weighted by atomic mass is 19.1. The lowest BCUT2D eigenvalue weighted by molar-refractivity contribution is -0.146. The van der Waals surface area contributed by atoms with E-state index >= 15 is 0 Å². The summed E-state index contributed by atoms with van der Waals surface area (Å²) >= 11 is 0. The van der Waals surface area contributed by atoms with Crippen LogP contribution in [0.4, 0.5) is 4.39 Å².